The first-order valence-corrected chi connectivity index (χ1v) is 7.46. The summed E-state index contributed by atoms with van der Waals surface area (Å²) in [5, 5.41) is 0. The van der Waals surface area contributed by atoms with Crippen molar-refractivity contribution in [2.24, 2.45) is 5.73 Å². The number of nitrogens with zero attached hydrogens (tertiary/aromatic N) is 2. The molecule has 0 aliphatic carbocycles. The normalized spacial score (nSPS) is 24.6. The summed E-state index contributed by atoms with van der Waals surface area (Å²) in [5.41, 5.74) is 6.73. The van der Waals surface area contributed by atoms with E-state index in [-0.39, 0.29) is 17.5 Å². The van der Waals surface area contributed by atoms with Crippen LogP contribution in [0.15, 0.2) is 24.5 Å². The van der Waals surface area contributed by atoms with E-state index in [2.05, 4.69) is 9.88 Å². The molecule has 0 spiro atoms. The van der Waals surface area contributed by atoms with Crippen molar-refractivity contribution in [2.45, 2.75) is 12.6 Å². The number of aromatic nitrogens is 1. The maximum Gasteiger partial charge on any atom is 0.153 e. The average Bonchev–Trinajstić information content (AvgIpc) is 2.32. The number of nitrogens with two attached hydrogens (primary N) is 1. The van der Waals surface area contributed by atoms with E-state index in [1.165, 1.54) is 0 Å². The van der Waals surface area contributed by atoms with Crippen LogP contribution in [0, 0.1) is 0 Å². The predicted molar refractivity (Wildman–Crippen MR) is 66.1 cm³/mol. The van der Waals surface area contributed by atoms with Crippen LogP contribution in [-0.4, -0.2) is 48.9 Å². The van der Waals surface area contributed by atoms with Crippen LogP contribution in [0.1, 0.15) is 5.56 Å². The Kier molecular flexibility index (Phi) is 3.76. The van der Waals surface area contributed by atoms with Gasteiger partial charge in [-0.3, -0.25) is 9.88 Å². The van der Waals surface area contributed by atoms with E-state index in [1.807, 2.05) is 12.1 Å². The van der Waals surface area contributed by atoms with Crippen LogP contribution in [0.3, 0.4) is 0 Å². The Hall–Kier alpha value is -0.980. The van der Waals surface area contributed by atoms with E-state index < -0.39 is 9.84 Å². The molecule has 1 aromatic heterocycles. The molecular formula is C11H17N3O2S. The van der Waals surface area contributed by atoms with Crippen LogP contribution in [0.5, 0.6) is 0 Å². The third kappa shape index (κ3) is 3.24. The number of sulfone groups is 1. The quantitative estimate of drug-likeness (QED) is 0.798. The van der Waals surface area contributed by atoms with E-state index in [1.54, 1.807) is 12.4 Å². The number of pyridine rings is 1. The van der Waals surface area contributed by atoms with Gasteiger partial charge in [-0.25, -0.2) is 8.42 Å². The fourth-order valence-electron chi connectivity index (χ4n) is 2.07. The molecule has 0 bridgehead atoms. The zero-order valence-corrected chi connectivity index (χ0v) is 10.4. The largest absolute Gasteiger partial charge is 0.329 e. The van der Waals surface area contributed by atoms with Crippen LogP contribution in [-0.2, 0) is 16.4 Å². The zero-order chi connectivity index (χ0) is 12.3. The molecule has 6 heteroatoms. The van der Waals surface area contributed by atoms with Gasteiger partial charge in [0.25, 0.3) is 0 Å². The summed E-state index contributed by atoms with van der Waals surface area (Å²) in [4.78, 5) is 6.18. The van der Waals surface area contributed by atoms with E-state index in [0.29, 0.717) is 19.6 Å². The molecule has 5 nitrogen and oxygen atoms in total. The topological polar surface area (TPSA) is 76.3 Å². The molecule has 1 aromatic rings. The van der Waals surface area contributed by atoms with Crippen molar-refractivity contribution in [3.05, 3.63) is 30.1 Å². The van der Waals surface area contributed by atoms with Crippen molar-refractivity contribution >= 4 is 9.84 Å². The highest BCUT2D eigenvalue weighted by molar-refractivity contribution is 7.91. The van der Waals surface area contributed by atoms with Gasteiger partial charge in [-0.2, -0.15) is 0 Å². The summed E-state index contributed by atoms with van der Waals surface area (Å²) >= 11 is 0. The monoisotopic (exact) mass is 255 g/mol. The highest BCUT2D eigenvalue weighted by Gasteiger charge is 2.29. The average molecular weight is 255 g/mol. The Morgan fingerprint density at radius 1 is 1.53 bits per heavy atom. The highest BCUT2D eigenvalue weighted by Crippen LogP contribution is 2.14. The van der Waals surface area contributed by atoms with E-state index in [4.69, 9.17) is 5.73 Å². The fourth-order valence-corrected chi connectivity index (χ4v) is 3.68. The maximum absolute atomic E-state index is 11.5. The second-order valence-corrected chi connectivity index (χ2v) is 6.56. The highest BCUT2D eigenvalue weighted by atomic mass is 32.2. The Labute approximate surface area is 102 Å². The van der Waals surface area contributed by atoms with Gasteiger partial charge >= 0.3 is 0 Å². The standard InChI is InChI=1S/C11H17N3O2S/c12-6-11-9-17(15,16)5-4-14(11)8-10-2-1-3-13-7-10/h1-3,7,11H,4-6,8-9,12H2. The SMILES string of the molecule is NCC1CS(=O)(=O)CCN1Cc1cccnc1. The molecule has 1 unspecified atom stereocenters. The van der Waals surface area contributed by atoms with E-state index >= 15 is 0 Å². The van der Waals surface area contributed by atoms with Gasteiger partial charge < -0.3 is 5.73 Å². The van der Waals surface area contributed by atoms with E-state index in [0.717, 1.165) is 5.56 Å². The second kappa shape index (κ2) is 5.12. The van der Waals surface area contributed by atoms with Crippen LogP contribution in [0.2, 0.25) is 0 Å². The second-order valence-electron chi connectivity index (χ2n) is 4.34. The molecule has 0 saturated carbocycles. The van der Waals surface area contributed by atoms with Crippen LogP contribution >= 0.6 is 0 Å². The van der Waals surface area contributed by atoms with Crippen molar-refractivity contribution in [2.75, 3.05) is 24.6 Å². The van der Waals surface area contributed by atoms with Crippen LogP contribution in [0.4, 0.5) is 0 Å². The van der Waals surface area contributed by atoms with Crippen molar-refractivity contribution < 1.29 is 8.42 Å². The molecule has 1 aliphatic heterocycles. The Morgan fingerprint density at radius 3 is 3.00 bits per heavy atom. The minimum Gasteiger partial charge on any atom is -0.329 e. The first-order valence-electron chi connectivity index (χ1n) is 5.64. The summed E-state index contributed by atoms with van der Waals surface area (Å²) in [5.74, 6) is 0.396. The summed E-state index contributed by atoms with van der Waals surface area (Å²) in [6, 6.07) is 3.80. The Morgan fingerprint density at radius 2 is 2.35 bits per heavy atom. The summed E-state index contributed by atoms with van der Waals surface area (Å²) < 4.78 is 23.0. The van der Waals surface area contributed by atoms with Gasteiger partial charge in [0.15, 0.2) is 9.84 Å². The van der Waals surface area contributed by atoms with E-state index in [9.17, 15) is 8.42 Å². The lowest BCUT2D eigenvalue weighted by molar-refractivity contribution is 0.209. The van der Waals surface area contributed by atoms with Gasteiger partial charge in [-0.1, -0.05) is 6.07 Å². The number of rotatable bonds is 3. The summed E-state index contributed by atoms with van der Waals surface area (Å²) in [6.45, 7) is 1.64. The van der Waals surface area contributed by atoms with Crippen molar-refractivity contribution in [1.82, 2.24) is 9.88 Å². The number of hydrogen-bond donors (Lipinski definition) is 1. The van der Waals surface area contributed by atoms with Crippen LogP contribution < -0.4 is 5.73 Å². The van der Waals surface area contributed by atoms with Crippen molar-refractivity contribution in [3.8, 4) is 0 Å². The molecule has 94 valence electrons. The van der Waals surface area contributed by atoms with Crippen LogP contribution in [0.25, 0.3) is 0 Å². The predicted octanol–water partition coefficient (Wildman–Crippen LogP) is -0.361. The van der Waals surface area contributed by atoms with Gasteiger partial charge in [0.2, 0.25) is 0 Å². The molecule has 2 rings (SSSR count). The molecule has 1 atom stereocenters. The molecule has 0 radical (unpaired) electrons. The van der Waals surface area contributed by atoms with Gasteiger partial charge in [0, 0.05) is 38.1 Å². The van der Waals surface area contributed by atoms with Gasteiger partial charge in [-0.15, -0.1) is 0 Å². The lowest BCUT2D eigenvalue weighted by Crippen LogP contribution is -2.51. The zero-order valence-electron chi connectivity index (χ0n) is 9.62. The van der Waals surface area contributed by atoms with Gasteiger partial charge in [0.1, 0.15) is 0 Å². The summed E-state index contributed by atoms with van der Waals surface area (Å²) in [7, 11) is -2.91. The smallest absolute Gasteiger partial charge is 0.153 e. The molecule has 0 aromatic carbocycles. The Balaban J connectivity index is 2.06. The maximum atomic E-state index is 11.5. The lowest BCUT2D eigenvalue weighted by Gasteiger charge is -2.34. The van der Waals surface area contributed by atoms with Gasteiger partial charge in [0.05, 0.1) is 11.5 Å². The molecular weight excluding hydrogens is 238 g/mol. The number of hydrogen-bond acceptors (Lipinski definition) is 5. The molecule has 1 saturated heterocycles. The first-order chi connectivity index (χ1) is 8.11. The van der Waals surface area contributed by atoms with Gasteiger partial charge in [-0.05, 0) is 11.6 Å². The third-order valence-corrected chi connectivity index (χ3v) is 4.73. The molecule has 1 aliphatic rings. The summed E-state index contributed by atoms with van der Waals surface area (Å²) in [6.07, 6.45) is 3.53. The fraction of sp³-hybridized carbons (Fsp3) is 0.545. The van der Waals surface area contributed by atoms with Crippen molar-refractivity contribution in [3.63, 3.8) is 0 Å². The minimum atomic E-state index is -2.91. The third-order valence-electron chi connectivity index (χ3n) is 3.03. The molecule has 2 heterocycles. The lowest BCUT2D eigenvalue weighted by atomic mass is 10.2. The molecule has 2 N–H and O–H groups in total. The molecule has 17 heavy (non-hydrogen) atoms. The molecule has 1 fully saturated rings. The minimum absolute atomic E-state index is 0.0750. The first kappa shape index (κ1) is 12.5. The Bertz CT molecular complexity index is 461. The molecule has 0 amide bonds. The van der Waals surface area contributed by atoms with Crippen molar-refractivity contribution in [1.29, 1.82) is 0 Å².